The van der Waals surface area contributed by atoms with E-state index in [0.29, 0.717) is 39.3 Å². The lowest BCUT2D eigenvalue weighted by atomic mass is 10.0. The van der Waals surface area contributed by atoms with Gasteiger partial charge in [0, 0.05) is 32.7 Å². The van der Waals surface area contributed by atoms with Crippen LogP contribution in [0.3, 0.4) is 0 Å². The Hall–Kier alpha value is -2.92. The van der Waals surface area contributed by atoms with E-state index >= 15 is 0 Å². The number of hydrogen-bond acceptors (Lipinski definition) is 8. The maximum absolute atomic E-state index is 13.1. The highest BCUT2D eigenvalue weighted by atomic mass is 32.1. The molecule has 3 saturated heterocycles. The van der Waals surface area contributed by atoms with E-state index in [0.717, 1.165) is 28.5 Å². The summed E-state index contributed by atoms with van der Waals surface area (Å²) in [6, 6.07) is 9.76. The minimum absolute atomic E-state index is 0.0655. The van der Waals surface area contributed by atoms with Crippen molar-refractivity contribution >= 4 is 28.6 Å². The first-order chi connectivity index (χ1) is 16.8. The molecule has 5 rings (SSSR count). The number of fused-ring (bicyclic) bond motifs is 2. The number of piperidine rings is 1. The first-order valence-corrected chi connectivity index (χ1v) is 12.9. The van der Waals surface area contributed by atoms with E-state index in [4.69, 9.17) is 9.57 Å². The van der Waals surface area contributed by atoms with Crippen molar-refractivity contribution < 1.29 is 19.2 Å². The number of nitrogens with zero attached hydrogens (tertiary/aromatic N) is 6. The fourth-order valence-corrected chi connectivity index (χ4v) is 5.71. The van der Waals surface area contributed by atoms with Gasteiger partial charge in [0.05, 0.1) is 12.1 Å². The van der Waals surface area contributed by atoms with Gasteiger partial charge in [-0.05, 0) is 39.2 Å². The summed E-state index contributed by atoms with van der Waals surface area (Å²) >= 11 is 1.53. The van der Waals surface area contributed by atoms with E-state index in [2.05, 4.69) is 15.1 Å². The molecule has 2 bridgehead atoms. The van der Waals surface area contributed by atoms with Gasteiger partial charge in [-0.1, -0.05) is 41.7 Å². The van der Waals surface area contributed by atoms with Crippen LogP contribution < -0.4 is 4.90 Å². The molecule has 0 radical (unpaired) electrons. The van der Waals surface area contributed by atoms with Crippen LogP contribution in [0.4, 0.5) is 14.7 Å². The van der Waals surface area contributed by atoms with Crippen molar-refractivity contribution in [2.75, 3.05) is 37.6 Å². The van der Waals surface area contributed by atoms with Crippen molar-refractivity contribution in [2.24, 2.45) is 0 Å². The molecular weight excluding hydrogens is 468 g/mol. The largest absolute Gasteiger partial charge is 0.444 e. The molecule has 1 aromatic heterocycles. The summed E-state index contributed by atoms with van der Waals surface area (Å²) in [7, 11) is 0. The first-order valence-electron chi connectivity index (χ1n) is 12.1. The van der Waals surface area contributed by atoms with Crippen LogP contribution in [0.25, 0.3) is 0 Å². The lowest BCUT2D eigenvalue weighted by Crippen LogP contribution is -2.50. The van der Waals surface area contributed by atoms with E-state index in [1.54, 1.807) is 9.96 Å². The van der Waals surface area contributed by atoms with Gasteiger partial charge >= 0.3 is 12.1 Å². The average molecular weight is 501 g/mol. The van der Waals surface area contributed by atoms with Crippen molar-refractivity contribution in [3.05, 3.63) is 40.9 Å². The fourth-order valence-electron chi connectivity index (χ4n) is 4.67. The summed E-state index contributed by atoms with van der Waals surface area (Å²) in [5.41, 5.74) is 0.533. The normalized spacial score (nSPS) is 22.7. The first kappa shape index (κ1) is 23.8. The molecule has 3 amide bonds. The van der Waals surface area contributed by atoms with Crippen LogP contribution in [-0.4, -0.2) is 81.6 Å². The Balaban J connectivity index is 1.18. The molecule has 2 atom stereocenters. The van der Waals surface area contributed by atoms with E-state index in [1.807, 2.05) is 56.0 Å². The number of carbonyl (C=O) groups is 2. The molecule has 35 heavy (non-hydrogen) atoms. The van der Waals surface area contributed by atoms with Crippen molar-refractivity contribution in [1.82, 2.24) is 25.1 Å². The zero-order valence-corrected chi connectivity index (χ0v) is 21.2. The number of amides is 3. The maximum atomic E-state index is 13.1. The van der Waals surface area contributed by atoms with E-state index < -0.39 is 5.60 Å². The third-order valence-corrected chi connectivity index (χ3v) is 7.54. The van der Waals surface area contributed by atoms with Crippen LogP contribution in [0.2, 0.25) is 0 Å². The molecule has 11 heteroatoms. The van der Waals surface area contributed by atoms with Crippen LogP contribution >= 0.6 is 11.3 Å². The number of ether oxygens (including phenoxy) is 1. The number of piperazine rings is 1. The van der Waals surface area contributed by atoms with Gasteiger partial charge < -0.3 is 19.4 Å². The number of urea groups is 1. The molecule has 0 spiro atoms. The van der Waals surface area contributed by atoms with Gasteiger partial charge in [-0.2, -0.15) is 5.06 Å². The Kier molecular flexibility index (Phi) is 6.54. The van der Waals surface area contributed by atoms with Gasteiger partial charge in [0.2, 0.25) is 5.13 Å². The predicted molar refractivity (Wildman–Crippen MR) is 131 cm³/mol. The molecule has 188 valence electrons. The Morgan fingerprint density at radius 2 is 1.83 bits per heavy atom. The van der Waals surface area contributed by atoms with Gasteiger partial charge in [-0.3, -0.25) is 4.84 Å². The standard InChI is InChI=1S/C24H32N6O4S/c1-24(2,3)34-23(32)28-13-11-27(12-14-28)21-26-25-20(35-21)19-10-9-18-15-29(19)22(31)30(18)33-16-17-7-5-4-6-8-17/h4-8,18-19H,9-16H2,1-3H3/t18-,19+/m1/s1. The van der Waals surface area contributed by atoms with Crippen molar-refractivity contribution in [3.63, 3.8) is 0 Å². The van der Waals surface area contributed by atoms with Gasteiger partial charge in [-0.25, -0.2) is 9.59 Å². The van der Waals surface area contributed by atoms with Gasteiger partial charge in [0.25, 0.3) is 0 Å². The fraction of sp³-hybridized carbons (Fsp3) is 0.583. The van der Waals surface area contributed by atoms with Gasteiger partial charge in [0.1, 0.15) is 17.2 Å². The number of rotatable bonds is 5. The second-order valence-electron chi connectivity index (χ2n) is 10.1. The van der Waals surface area contributed by atoms with Crippen LogP contribution in [-0.2, 0) is 16.2 Å². The average Bonchev–Trinajstić information content (AvgIpc) is 3.42. The minimum Gasteiger partial charge on any atom is -0.444 e. The smallest absolute Gasteiger partial charge is 0.410 e. The van der Waals surface area contributed by atoms with Crippen LogP contribution in [0.15, 0.2) is 30.3 Å². The summed E-state index contributed by atoms with van der Waals surface area (Å²) in [5, 5.41) is 12.1. The summed E-state index contributed by atoms with van der Waals surface area (Å²) in [6.45, 7) is 9.13. The second kappa shape index (κ2) is 9.62. The molecule has 0 saturated carbocycles. The van der Waals surface area contributed by atoms with Crippen molar-refractivity contribution in [1.29, 1.82) is 0 Å². The summed E-state index contributed by atoms with van der Waals surface area (Å²) in [6.07, 6.45) is 1.42. The third-order valence-electron chi connectivity index (χ3n) is 6.45. The molecule has 0 N–H and O–H groups in total. The molecule has 3 fully saturated rings. The molecule has 10 nitrogen and oxygen atoms in total. The number of hydroxylamine groups is 2. The number of carbonyl (C=O) groups excluding carboxylic acids is 2. The van der Waals surface area contributed by atoms with Gasteiger partial charge in [0.15, 0.2) is 0 Å². The summed E-state index contributed by atoms with van der Waals surface area (Å²) < 4.78 is 5.48. The highest BCUT2D eigenvalue weighted by Gasteiger charge is 2.47. The second-order valence-corrected chi connectivity index (χ2v) is 11.1. The topological polar surface area (TPSA) is 91.3 Å². The highest BCUT2D eigenvalue weighted by molar-refractivity contribution is 7.15. The molecule has 1 aromatic carbocycles. The molecular formula is C24H32N6O4S. The summed E-state index contributed by atoms with van der Waals surface area (Å²) in [5.74, 6) is 0. The van der Waals surface area contributed by atoms with Crippen LogP contribution in [0, 0.1) is 0 Å². The van der Waals surface area contributed by atoms with Crippen LogP contribution in [0.5, 0.6) is 0 Å². The molecule has 3 aliphatic heterocycles. The monoisotopic (exact) mass is 500 g/mol. The third kappa shape index (κ3) is 5.20. The Labute approximate surface area is 209 Å². The quantitative estimate of drug-likeness (QED) is 0.619. The summed E-state index contributed by atoms with van der Waals surface area (Å²) in [4.78, 5) is 37.1. The molecule has 0 aliphatic carbocycles. The van der Waals surface area contributed by atoms with Crippen molar-refractivity contribution in [2.45, 2.75) is 57.9 Å². The van der Waals surface area contributed by atoms with Gasteiger partial charge in [-0.15, -0.1) is 10.2 Å². The van der Waals surface area contributed by atoms with E-state index in [-0.39, 0.29) is 24.2 Å². The maximum Gasteiger partial charge on any atom is 0.410 e. The Bertz CT molecular complexity index is 1050. The molecule has 2 aromatic rings. The number of hydrogen-bond donors (Lipinski definition) is 0. The highest BCUT2D eigenvalue weighted by Crippen LogP contribution is 2.40. The lowest BCUT2D eigenvalue weighted by Gasteiger charge is -2.35. The zero-order chi connectivity index (χ0) is 24.6. The van der Waals surface area contributed by atoms with Crippen LogP contribution in [0.1, 0.15) is 50.2 Å². The minimum atomic E-state index is -0.503. The lowest BCUT2D eigenvalue weighted by molar-refractivity contribution is -0.140. The van der Waals surface area contributed by atoms with E-state index in [9.17, 15) is 9.59 Å². The molecule has 0 unspecified atom stereocenters. The predicted octanol–water partition coefficient (Wildman–Crippen LogP) is 3.67. The molecule has 4 heterocycles. The molecule has 3 aliphatic rings. The Morgan fingerprint density at radius 1 is 1.09 bits per heavy atom. The SMILES string of the molecule is CC(C)(C)OC(=O)N1CCN(c2nnc([C@@H]3CC[C@@H]4CN3C(=O)N4OCc3ccccc3)s2)CC1. The number of aromatic nitrogens is 2. The number of benzene rings is 1. The number of anilines is 1. The van der Waals surface area contributed by atoms with E-state index in [1.165, 1.54) is 11.3 Å². The zero-order valence-electron chi connectivity index (χ0n) is 20.4. The Morgan fingerprint density at radius 3 is 2.54 bits per heavy atom. The van der Waals surface area contributed by atoms with Crippen molar-refractivity contribution in [3.8, 4) is 0 Å².